The van der Waals surface area contributed by atoms with Crippen LogP contribution in [0.5, 0.6) is 0 Å². The molecule has 0 unspecified atom stereocenters. The van der Waals surface area contributed by atoms with Crippen LogP contribution in [0.1, 0.15) is 6.42 Å². The van der Waals surface area contributed by atoms with Crippen molar-refractivity contribution in [3.05, 3.63) is 28.2 Å². The Bertz CT molecular complexity index is 514. The summed E-state index contributed by atoms with van der Waals surface area (Å²) < 4.78 is 4.67. The number of ether oxygens (including phenoxy) is 1. The van der Waals surface area contributed by atoms with E-state index in [1.165, 1.54) is 7.11 Å². The normalized spacial score (nSPS) is 11.6. The molecule has 0 saturated heterocycles. The molecule has 0 aliphatic heterocycles. The third-order valence-corrected chi connectivity index (χ3v) is 4.06. The lowest BCUT2D eigenvalue weighted by Crippen LogP contribution is -2.44. The summed E-state index contributed by atoms with van der Waals surface area (Å²) in [7, 11) is 1.28. The average molecular weight is 351 g/mol. The Balaban J connectivity index is 2.69. The molecule has 1 aromatic carbocycles. The van der Waals surface area contributed by atoms with Crippen LogP contribution >= 0.6 is 35.0 Å². The summed E-state index contributed by atoms with van der Waals surface area (Å²) in [5.41, 5.74) is 0.371. The van der Waals surface area contributed by atoms with E-state index in [0.29, 0.717) is 17.1 Å². The fourth-order valence-electron chi connectivity index (χ4n) is 1.54. The van der Waals surface area contributed by atoms with Crippen LogP contribution in [0.4, 0.5) is 10.5 Å². The molecule has 2 N–H and O–H groups in total. The summed E-state index contributed by atoms with van der Waals surface area (Å²) in [6, 6.07) is 3.64. The molecule has 21 heavy (non-hydrogen) atoms. The van der Waals surface area contributed by atoms with Gasteiger partial charge >= 0.3 is 12.0 Å². The number of anilines is 1. The number of benzene rings is 1. The van der Waals surface area contributed by atoms with E-state index in [-0.39, 0.29) is 5.02 Å². The molecule has 0 aliphatic carbocycles. The Morgan fingerprint density at radius 3 is 2.71 bits per heavy atom. The number of thioether (sulfide) groups is 1. The summed E-state index contributed by atoms with van der Waals surface area (Å²) in [6.07, 6.45) is 2.39. The first-order valence-corrected chi connectivity index (χ1v) is 8.22. The summed E-state index contributed by atoms with van der Waals surface area (Å²) in [5, 5.41) is 5.69. The second kappa shape index (κ2) is 9.02. The van der Waals surface area contributed by atoms with Crippen molar-refractivity contribution in [3.63, 3.8) is 0 Å². The van der Waals surface area contributed by atoms with E-state index in [9.17, 15) is 9.59 Å². The summed E-state index contributed by atoms with van der Waals surface area (Å²) >= 11 is 13.4. The van der Waals surface area contributed by atoms with Crippen LogP contribution in [0, 0.1) is 0 Å². The molecular weight excluding hydrogens is 335 g/mol. The van der Waals surface area contributed by atoms with Crippen molar-refractivity contribution in [2.24, 2.45) is 0 Å². The topological polar surface area (TPSA) is 67.4 Å². The van der Waals surface area contributed by atoms with Gasteiger partial charge in [-0.3, -0.25) is 0 Å². The van der Waals surface area contributed by atoms with Crippen molar-refractivity contribution in [2.45, 2.75) is 12.5 Å². The molecule has 0 spiro atoms. The number of hydrogen-bond acceptors (Lipinski definition) is 4. The second-order valence-corrected chi connectivity index (χ2v) is 5.83. The highest BCUT2D eigenvalue weighted by molar-refractivity contribution is 7.98. The number of halogens is 2. The summed E-state index contributed by atoms with van der Waals surface area (Å²) in [5.74, 6) is 0.231. The number of methoxy groups -OCH3 is 1. The lowest BCUT2D eigenvalue weighted by atomic mass is 10.2. The molecule has 1 atom stereocenters. The first kappa shape index (κ1) is 17.9. The lowest BCUT2D eigenvalue weighted by molar-refractivity contribution is -0.142. The van der Waals surface area contributed by atoms with Crippen molar-refractivity contribution in [2.75, 3.05) is 24.4 Å². The van der Waals surface area contributed by atoms with Gasteiger partial charge in [-0.25, -0.2) is 9.59 Å². The Kier molecular flexibility index (Phi) is 7.71. The fourth-order valence-corrected chi connectivity index (χ4v) is 2.36. The molecule has 0 radical (unpaired) electrons. The van der Waals surface area contributed by atoms with Gasteiger partial charge in [0.2, 0.25) is 0 Å². The van der Waals surface area contributed by atoms with E-state index in [1.54, 1.807) is 30.0 Å². The monoisotopic (exact) mass is 350 g/mol. The van der Waals surface area contributed by atoms with E-state index >= 15 is 0 Å². The van der Waals surface area contributed by atoms with Gasteiger partial charge in [-0.2, -0.15) is 11.8 Å². The maximum Gasteiger partial charge on any atom is 0.328 e. The number of rotatable bonds is 6. The highest BCUT2D eigenvalue weighted by Gasteiger charge is 2.21. The average Bonchev–Trinajstić information content (AvgIpc) is 2.47. The Morgan fingerprint density at radius 2 is 2.10 bits per heavy atom. The summed E-state index contributed by atoms with van der Waals surface area (Å²) in [6.45, 7) is 0. The Labute approximate surface area is 137 Å². The standard InChI is InChI=1S/C13H16Cl2N2O3S/c1-20-12(18)10(6-7-21-2)17-13(19)16-9-5-3-4-8(14)11(9)15/h3-5,10H,6-7H2,1-2H3,(H2,16,17,19)/t10-/m1/s1. The van der Waals surface area contributed by atoms with Crippen molar-refractivity contribution in [1.82, 2.24) is 5.32 Å². The van der Waals surface area contributed by atoms with Crippen LogP contribution in [0.3, 0.4) is 0 Å². The zero-order valence-electron chi connectivity index (χ0n) is 11.6. The third-order valence-electron chi connectivity index (χ3n) is 2.60. The van der Waals surface area contributed by atoms with Crippen LogP contribution in [0.2, 0.25) is 10.0 Å². The largest absolute Gasteiger partial charge is 0.467 e. The van der Waals surface area contributed by atoms with Crippen LogP contribution < -0.4 is 10.6 Å². The number of urea groups is 1. The third kappa shape index (κ3) is 5.65. The van der Waals surface area contributed by atoms with Gasteiger partial charge in [0.05, 0.1) is 22.8 Å². The number of carbonyl (C=O) groups excluding carboxylic acids is 2. The smallest absolute Gasteiger partial charge is 0.328 e. The lowest BCUT2D eigenvalue weighted by Gasteiger charge is -2.17. The van der Waals surface area contributed by atoms with E-state index in [4.69, 9.17) is 23.2 Å². The van der Waals surface area contributed by atoms with Gasteiger partial charge in [0.25, 0.3) is 0 Å². The molecule has 0 fully saturated rings. The van der Waals surface area contributed by atoms with E-state index in [0.717, 1.165) is 5.75 Å². The zero-order valence-corrected chi connectivity index (χ0v) is 13.9. The molecule has 0 heterocycles. The van der Waals surface area contributed by atoms with Gasteiger partial charge in [-0.1, -0.05) is 29.3 Å². The zero-order chi connectivity index (χ0) is 15.8. The molecule has 0 aliphatic rings. The molecule has 5 nitrogen and oxygen atoms in total. The number of nitrogens with one attached hydrogen (secondary N) is 2. The van der Waals surface area contributed by atoms with Gasteiger partial charge in [-0.15, -0.1) is 0 Å². The first-order valence-electron chi connectivity index (χ1n) is 6.08. The molecule has 2 amide bonds. The molecular formula is C13H16Cl2N2O3S. The van der Waals surface area contributed by atoms with Crippen molar-refractivity contribution < 1.29 is 14.3 Å². The molecule has 8 heteroatoms. The SMILES string of the molecule is COC(=O)[C@@H](CCSC)NC(=O)Nc1cccc(Cl)c1Cl. The number of carbonyl (C=O) groups is 2. The minimum Gasteiger partial charge on any atom is -0.467 e. The molecule has 116 valence electrons. The van der Waals surface area contributed by atoms with Gasteiger partial charge < -0.3 is 15.4 Å². The van der Waals surface area contributed by atoms with E-state index in [1.807, 2.05) is 6.26 Å². The predicted molar refractivity (Wildman–Crippen MR) is 87.4 cm³/mol. The minimum absolute atomic E-state index is 0.244. The maximum absolute atomic E-state index is 11.9. The van der Waals surface area contributed by atoms with E-state index < -0.39 is 18.0 Å². The second-order valence-electron chi connectivity index (χ2n) is 4.06. The van der Waals surface area contributed by atoms with Crippen LogP contribution in [-0.4, -0.2) is 37.2 Å². The van der Waals surface area contributed by atoms with Gasteiger partial charge in [-0.05, 0) is 30.6 Å². The molecule has 1 aromatic rings. The van der Waals surface area contributed by atoms with Crippen LogP contribution in [0.15, 0.2) is 18.2 Å². The number of amides is 2. The first-order chi connectivity index (χ1) is 9.99. The Morgan fingerprint density at radius 1 is 1.38 bits per heavy atom. The fraction of sp³-hybridized carbons (Fsp3) is 0.385. The molecule has 0 bridgehead atoms. The van der Waals surface area contributed by atoms with Gasteiger partial charge in [0.15, 0.2) is 0 Å². The van der Waals surface area contributed by atoms with Crippen molar-refractivity contribution in [1.29, 1.82) is 0 Å². The van der Waals surface area contributed by atoms with Crippen LogP contribution in [0.25, 0.3) is 0 Å². The van der Waals surface area contributed by atoms with Crippen molar-refractivity contribution >= 4 is 52.7 Å². The maximum atomic E-state index is 11.9. The van der Waals surface area contributed by atoms with Crippen LogP contribution in [-0.2, 0) is 9.53 Å². The molecule has 0 saturated carbocycles. The highest BCUT2D eigenvalue weighted by atomic mass is 35.5. The Hall–Kier alpha value is -1.11. The predicted octanol–water partition coefficient (Wildman–Crippen LogP) is 3.41. The number of hydrogen-bond donors (Lipinski definition) is 2. The summed E-state index contributed by atoms with van der Waals surface area (Å²) in [4.78, 5) is 23.5. The van der Waals surface area contributed by atoms with Crippen molar-refractivity contribution in [3.8, 4) is 0 Å². The highest BCUT2D eigenvalue weighted by Crippen LogP contribution is 2.29. The molecule has 0 aromatic heterocycles. The van der Waals surface area contributed by atoms with Gasteiger partial charge in [0.1, 0.15) is 6.04 Å². The quantitative estimate of drug-likeness (QED) is 0.771. The van der Waals surface area contributed by atoms with E-state index in [2.05, 4.69) is 15.4 Å². The number of esters is 1. The van der Waals surface area contributed by atoms with Gasteiger partial charge in [0, 0.05) is 0 Å². The molecule has 1 rings (SSSR count). The minimum atomic E-state index is -0.708.